The van der Waals surface area contributed by atoms with Gasteiger partial charge in [-0.05, 0) is 36.4 Å². The average Bonchev–Trinajstić information content (AvgIpc) is 2.85. The van der Waals surface area contributed by atoms with Crippen LogP contribution in [0.2, 0.25) is 0 Å². The molecule has 1 atom stereocenters. The van der Waals surface area contributed by atoms with Gasteiger partial charge in [0.15, 0.2) is 5.78 Å². The number of nitrogens with zero attached hydrogens (tertiary/aromatic N) is 1. The molecule has 1 fully saturated rings. The quantitative estimate of drug-likeness (QED) is 0.759. The largest absolute Gasteiger partial charge is 0.303 e. The summed E-state index contributed by atoms with van der Waals surface area (Å²) in [7, 11) is 0. The molecular formula is C17H24BrNO. The molecule has 1 unspecified atom stereocenters. The van der Waals surface area contributed by atoms with Gasteiger partial charge in [-0.1, -0.05) is 48.8 Å². The van der Waals surface area contributed by atoms with Crippen molar-refractivity contribution in [1.29, 1.82) is 0 Å². The molecule has 1 aliphatic rings. The highest BCUT2D eigenvalue weighted by Crippen LogP contribution is 2.33. The molecule has 2 rings (SSSR count). The van der Waals surface area contributed by atoms with E-state index in [1.54, 1.807) is 0 Å². The van der Waals surface area contributed by atoms with E-state index in [4.69, 9.17) is 0 Å². The molecule has 110 valence electrons. The molecule has 2 nitrogen and oxygen atoms in total. The van der Waals surface area contributed by atoms with Crippen LogP contribution >= 0.6 is 15.9 Å². The Morgan fingerprint density at radius 3 is 2.50 bits per heavy atom. The number of carbonyl (C=O) groups is 1. The van der Waals surface area contributed by atoms with Crippen molar-refractivity contribution in [3.8, 4) is 0 Å². The van der Waals surface area contributed by atoms with Crippen LogP contribution < -0.4 is 0 Å². The lowest BCUT2D eigenvalue weighted by atomic mass is 9.80. The molecule has 0 aromatic heterocycles. The number of Topliss-reactive ketones (excluding diaryl/α,β-unsaturated/α-hetero) is 1. The van der Waals surface area contributed by atoms with Crippen molar-refractivity contribution in [3.63, 3.8) is 0 Å². The number of rotatable bonds is 4. The lowest BCUT2D eigenvalue weighted by Gasteiger charge is -2.27. The van der Waals surface area contributed by atoms with Gasteiger partial charge in [0.05, 0.1) is 0 Å². The van der Waals surface area contributed by atoms with Crippen LogP contribution in [0.5, 0.6) is 0 Å². The first-order chi connectivity index (χ1) is 9.36. The van der Waals surface area contributed by atoms with Crippen molar-refractivity contribution in [3.05, 3.63) is 34.3 Å². The van der Waals surface area contributed by atoms with E-state index in [1.807, 2.05) is 24.3 Å². The Balaban J connectivity index is 1.81. The lowest BCUT2D eigenvalue weighted by Crippen LogP contribution is -2.27. The molecule has 1 saturated heterocycles. The predicted molar refractivity (Wildman–Crippen MR) is 87.1 cm³/mol. The Morgan fingerprint density at radius 1 is 1.30 bits per heavy atom. The van der Waals surface area contributed by atoms with E-state index in [0.717, 1.165) is 35.6 Å². The third-order valence-electron chi connectivity index (χ3n) is 4.32. The molecule has 0 aliphatic carbocycles. The molecule has 0 bridgehead atoms. The zero-order valence-corrected chi connectivity index (χ0v) is 14.2. The zero-order valence-electron chi connectivity index (χ0n) is 12.7. The Hall–Kier alpha value is -0.670. The van der Waals surface area contributed by atoms with E-state index in [-0.39, 0.29) is 5.78 Å². The third-order valence-corrected chi connectivity index (χ3v) is 4.85. The minimum atomic E-state index is 0.247. The molecule has 0 amide bonds. The van der Waals surface area contributed by atoms with E-state index < -0.39 is 0 Å². The van der Waals surface area contributed by atoms with Gasteiger partial charge >= 0.3 is 0 Å². The highest BCUT2D eigenvalue weighted by Gasteiger charge is 2.31. The van der Waals surface area contributed by atoms with E-state index >= 15 is 0 Å². The Labute approximate surface area is 130 Å². The summed E-state index contributed by atoms with van der Waals surface area (Å²) >= 11 is 3.39. The number of carbonyl (C=O) groups excluding carboxylic acids is 1. The fourth-order valence-electron chi connectivity index (χ4n) is 2.78. The Kier molecular flexibility index (Phi) is 5.03. The Morgan fingerprint density at radius 2 is 1.95 bits per heavy atom. The number of hydrogen-bond acceptors (Lipinski definition) is 2. The van der Waals surface area contributed by atoms with E-state index in [0.29, 0.717) is 11.8 Å². The molecule has 0 saturated carbocycles. The summed E-state index contributed by atoms with van der Waals surface area (Å²) in [5.41, 5.74) is 1.20. The van der Waals surface area contributed by atoms with Crippen LogP contribution in [0.3, 0.4) is 0 Å². The van der Waals surface area contributed by atoms with Crippen LogP contribution in [-0.2, 0) is 0 Å². The lowest BCUT2D eigenvalue weighted by molar-refractivity contribution is 0.0967. The van der Waals surface area contributed by atoms with Crippen molar-refractivity contribution in [2.75, 3.05) is 19.6 Å². The SMILES string of the molecule is CC(C)(C)C1CCN(CCC(=O)c2ccc(Br)cc2)C1. The fourth-order valence-corrected chi connectivity index (χ4v) is 3.05. The first-order valence-corrected chi connectivity index (χ1v) is 8.16. The van der Waals surface area contributed by atoms with Crippen molar-refractivity contribution in [2.24, 2.45) is 11.3 Å². The van der Waals surface area contributed by atoms with Crippen LogP contribution in [0.25, 0.3) is 0 Å². The molecular weight excluding hydrogens is 314 g/mol. The number of halogens is 1. The van der Waals surface area contributed by atoms with Gasteiger partial charge in [0.1, 0.15) is 0 Å². The minimum Gasteiger partial charge on any atom is -0.303 e. The zero-order chi connectivity index (χ0) is 14.8. The van der Waals surface area contributed by atoms with Crippen molar-refractivity contribution in [1.82, 2.24) is 4.90 Å². The molecule has 1 aromatic carbocycles. The summed E-state index contributed by atoms with van der Waals surface area (Å²) in [5, 5.41) is 0. The van der Waals surface area contributed by atoms with Gasteiger partial charge in [-0.2, -0.15) is 0 Å². The average molecular weight is 338 g/mol. The first kappa shape index (κ1) is 15.7. The summed E-state index contributed by atoms with van der Waals surface area (Å²) in [6.07, 6.45) is 1.88. The molecule has 0 radical (unpaired) electrons. The van der Waals surface area contributed by atoms with Gasteiger partial charge in [-0.25, -0.2) is 0 Å². The topological polar surface area (TPSA) is 20.3 Å². The number of ketones is 1. The second-order valence-corrected chi connectivity index (χ2v) is 7.75. The van der Waals surface area contributed by atoms with Crippen LogP contribution in [-0.4, -0.2) is 30.3 Å². The number of likely N-dealkylation sites (tertiary alicyclic amines) is 1. The second kappa shape index (κ2) is 6.40. The molecule has 1 aliphatic heterocycles. The van der Waals surface area contributed by atoms with Gasteiger partial charge in [0, 0.05) is 29.5 Å². The summed E-state index contributed by atoms with van der Waals surface area (Å²) in [6.45, 7) is 10.1. The highest BCUT2D eigenvalue weighted by atomic mass is 79.9. The highest BCUT2D eigenvalue weighted by molar-refractivity contribution is 9.10. The van der Waals surface area contributed by atoms with Crippen molar-refractivity contribution < 1.29 is 4.79 Å². The standard InChI is InChI=1S/C17H24BrNO/c1-17(2,3)14-8-10-19(12-14)11-9-16(20)13-4-6-15(18)7-5-13/h4-7,14H,8-12H2,1-3H3. The molecule has 20 heavy (non-hydrogen) atoms. The number of benzene rings is 1. The fraction of sp³-hybridized carbons (Fsp3) is 0.588. The van der Waals surface area contributed by atoms with Gasteiger partial charge in [-0.15, -0.1) is 0 Å². The Bertz CT molecular complexity index is 461. The summed E-state index contributed by atoms with van der Waals surface area (Å²) < 4.78 is 1.02. The van der Waals surface area contributed by atoms with Crippen LogP contribution in [0.1, 0.15) is 44.0 Å². The maximum Gasteiger partial charge on any atom is 0.164 e. The molecule has 0 spiro atoms. The van der Waals surface area contributed by atoms with Gasteiger partial charge < -0.3 is 4.90 Å². The van der Waals surface area contributed by atoms with Crippen molar-refractivity contribution in [2.45, 2.75) is 33.6 Å². The first-order valence-electron chi connectivity index (χ1n) is 7.37. The van der Waals surface area contributed by atoms with E-state index in [1.165, 1.54) is 6.42 Å². The smallest absolute Gasteiger partial charge is 0.164 e. The summed E-state index contributed by atoms with van der Waals surface area (Å²) in [6, 6.07) is 7.65. The molecule has 3 heteroatoms. The molecule has 0 N–H and O–H groups in total. The monoisotopic (exact) mass is 337 g/mol. The van der Waals surface area contributed by atoms with E-state index in [9.17, 15) is 4.79 Å². The number of hydrogen-bond donors (Lipinski definition) is 0. The summed E-state index contributed by atoms with van der Waals surface area (Å²) in [5.74, 6) is 1.00. The second-order valence-electron chi connectivity index (χ2n) is 6.83. The van der Waals surface area contributed by atoms with Crippen LogP contribution in [0.15, 0.2) is 28.7 Å². The molecule has 1 aromatic rings. The predicted octanol–water partition coefficient (Wildman–Crippen LogP) is 4.39. The molecule has 1 heterocycles. The maximum atomic E-state index is 12.1. The van der Waals surface area contributed by atoms with Gasteiger partial charge in [0.2, 0.25) is 0 Å². The van der Waals surface area contributed by atoms with Gasteiger partial charge in [0.25, 0.3) is 0 Å². The normalized spacial score (nSPS) is 20.3. The van der Waals surface area contributed by atoms with Gasteiger partial charge in [-0.3, -0.25) is 4.79 Å². The van der Waals surface area contributed by atoms with Crippen molar-refractivity contribution >= 4 is 21.7 Å². The van der Waals surface area contributed by atoms with Crippen LogP contribution in [0, 0.1) is 11.3 Å². The minimum absolute atomic E-state index is 0.247. The van der Waals surface area contributed by atoms with Crippen LogP contribution in [0.4, 0.5) is 0 Å². The van der Waals surface area contributed by atoms with E-state index in [2.05, 4.69) is 41.6 Å². The third kappa shape index (κ3) is 4.16. The maximum absolute atomic E-state index is 12.1. The summed E-state index contributed by atoms with van der Waals surface area (Å²) in [4.78, 5) is 14.6.